The van der Waals surface area contributed by atoms with Gasteiger partial charge in [-0.15, -0.1) is 0 Å². The first-order valence-electron chi connectivity index (χ1n) is 3.31. The number of amides is 2. The highest BCUT2D eigenvalue weighted by Gasteiger charge is 2.23. The summed E-state index contributed by atoms with van der Waals surface area (Å²) in [5, 5.41) is 0.868. The third-order valence-electron chi connectivity index (χ3n) is 1.66. The highest BCUT2D eigenvalue weighted by atomic mass is 79.9. The SMILES string of the molecule is CN1CCN(CCBr)C1=O. The Morgan fingerprint density at radius 1 is 1.60 bits per heavy atom. The molecule has 0 aromatic heterocycles. The molecule has 2 amide bonds. The van der Waals surface area contributed by atoms with E-state index in [-0.39, 0.29) is 6.03 Å². The molecule has 1 rings (SSSR count). The molecule has 0 radical (unpaired) electrons. The van der Waals surface area contributed by atoms with E-state index in [1.807, 2.05) is 11.9 Å². The van der Waals surface area contributed by atoms with Gasteiger partial charge in [0.25, 0.3) is 0 Å². The molecule has 1 aliphatic heterocycles. The summed E-state index contributed by atoms with van der Waals surface area (Å²) in [6, 6.07) is 0.152. The monoisotopic (exact) mass is 206 g/mol. The Hall–Kier alpha value is -0.250. The number of nitrogens with zero attached hydrogens (tertiary/aromatic N) is 2. The third-order valence-corrected chi connectivity index (χ3v) is 2.01. The first-order valence-corrected chi connectivity index (χ1v) is 4.44. The minimum absolute atomic E-state index is 0.152. The van der Waals surface area contributed by atoms with Crippen molar-refractivity contribution in [1.82, 2.24) is 9.80 Å². The molecule has 0 atom stereocenters. The average Bonchev–Trinajstić information content (AvgIpc) is 2.20. The van der Waals surface area contributed by atoms with Crippen molar-refractivity contribution in [2.75, 3.05) is 32.0 Å². The van der Waals surface area contributed by atoms with Crippen LogP contribution in [-0.4, -0.2) is 47.8 Å². The molecular weight excluding hydrogens is 196 g/mol. The molecule has 1 heterocycles. The highest BCUT2D eigenvalue weighted by molar-refractivity contribution is 9.09. The third kappa shape index (κ3) is 1.42. The van der Waals surface area contributed by atoms with Crippen molar-refractivity contribution in [3.8, 4) is 0 Å². The maximum absolute atomic E-state index is 11.1. The zero-order chi connectivity index (χ0) is 7.56. The molecule has 1 aliphatic rings. The lowest BCUT2D eigenvalue weighted by molar-refractivity contribution is 0.201. The maximum atomic E-state index is 11.1. The fraction of sp³-hybridized carbons (Fsp3) is 0.833. The summed E-state index contributed by atoms with van der Waals surface area (Å²) < 4.78 is 0. The lowest BCUT2D eigenvalue weighted by Gasteiger charge is -2.13. The molecule has 0 spiro atoms. The van der Waals surface area contributed by atoms with Gasteiger partial charge in [-0.3, -0.25) is 0 Å². The fourth-order valence-corrected chi connectivity index (χ4v) is 1.44. The molecule has 10 heavy (non-hydrogen) atoms. The van der Waals surface area contributed by atoms with Crippen LogP contribution in [0.2, 0.25) is 0 Å². The van der Waals surface area contributed by atoms with Crippen LogP contribution < -0.4 is 0 Å². The first-order chi connectivity index (χ1) is 4.75. The minimum Gasteiger partial charge on any atom is -0.326 e. The van der Waals surface area contributed by atoms with E-state index in [2.05, 4.69) is 15.9 Å². The van der Waals surface area contributed by atoms with E-state index in [1.54, 1.807) is 4.90 Å². The summed E-state index contributed by atoms with van der Waals surface area (Å²) in [5.74, 6) is 0. The van der Waals surface area contributed by atoms with Crippen molar-refractivity contribution < 1.29 is 4.79 Å². The van der Waals surface area contributed by atoms with E-state index in [1.165, 1.54) is 0 Å². The molecule has 58 valence electrons. The number of alkyl halides is 1. The summed E-state index contributed by atoms with van der Waals surface area (Å²) in [6.45, 7) is 2.57. The number of carbonyl (C=O) groups excluding carboxylic acids is 1. The van der Waals surface area contributed by atoms with Gasteiger partial charge in [-0.2, -0.15) is 0 Å². The van der Waals surface area contributed by atoms with E-state index >= 15 is 0 Å². The highest BCUT2D eigenvalue weighted by Crippen LogP contribution is 2.05. The molecule has 0 N–H and O–H groups in total. The van der Waals surface area contributed by atoms with Gasteiger partial charge in [-0.25, -0.2) is 4.79 Å². The van der Waals surface area contributed by atoms with Crippen molar-refractivity contribution in [2.45, 2.75) is 0 Å². The lowest BCUT2D eigenvalue weighted by Crippen LogP contribution is -2.30. The summed E-state index contributed by atoms with van der Waals surface area (Å²) in [7, 11) is 1.83. The van der Waals surface area contributed by atoms with Gasteiger partial charge in [0.15, 0.2) is 0 Å². The van der Waals surface area contributed by atoms with Crippen molar-refractivity contribution in [1.29, 1.82) is 0 Å². The molecule has 4 heteroatoms. The predicted molar refractivity (Wildman–Crippen MR) is 43.4 cm³/mol. The molecule has 0 aromatic carbocycles. The molecule has 0 unspecified atom stereocenters. The molecule has 1 saturated heterocycles. The summed E-state index contributed by atoms with van der Waals surface area (Å²) in [4.78, 5) is 14.7. The molecule has 0 aromatic rings. The Kier molecular flexibility index (Phi) is 2.54. The Morgan fingerprint density at radius 3 is 2.70 bits per heavy atom. The van der Waals surface area contributed by atoms with Gasteiger partial charge in [0, 0.05) is 32.0 Å². The van der Waals surface area contributed by atoms with Crippen molar-refractivity contribution >= 4 is 22.0 Å². The number of likely N-dealkylation sites (N-methyl/N-ethyl adjacent to an activating group) is 1. The van der Waals surface area contributed by atoms with E-state index in [0.29, 0.717) is 0 Å². The largest absolute Gasteiger partial charge is 0.326 e. The molecule has 0 aliphatic carbocycles. The number of hydrogen-bond donors (Lipinski definition) is 0. The minimum atomic E-state index is 0.152. The van der Waals surface area contributed by atoms with Crippen LogP contribution >= 0.6 is 15.9 Å². The van der Waals surface area contributed by atoms with Gasteiger partial charge in [0.05, 0.1) is 0 Å². The number of carbonyl (C=O) groups is 1. The van der Waals surface area contributed by atoms with Crippen LogP contribution in [0.4, 0.5) is 4.79 Å². The summed E-state index contributed by atoms with van der Waals surface area (Å²) in [6.07, 6.45) is 0. The average molecular weight is 207 g/mol. The van der Waals surface area contributed by atoms with Crippen LogP contribution in [0.5, 0.6) is 0 Å². The maximum Gasteiger partial charge on any atom is 0.319 e. The van der Waals surface area contributed by atoms with Crippen LogP contribution in [0.1, 0.15) is 0 Å². The van der Waals surface area contributed by atoms with E-state index in [4.69, 9.17) is 0 Å². The van der Waals surface area contributed by atoms with Crippen molar-refractivity contribution in [2.24, 2.45) is 0 Å². The molecule has 3 nitrogen and oxygen atoms in total. The van der Waals surface area contributed by atoms with Gasteiger partial charge < -0.3 is 9.80 Å². The van der Waals surface area contributed by atoms with Crippen molar-refractivity contribution in [3.05, 3.63) is 0 Å². The number of hydrogen-bond acceptors (Lipinski definition) is 1. The molecule has 1 fully saturated rings. The van der Waals surface area contributed by atoms with Crippen LogP contribution in [0, 0.1) is 0 Å². The number of halogens is 1. The van der Waals surface area contributed by atoms with Crippen LogP contribution in [0.15, 0.2) is 0 Å². The zero-order valence-corrected chi connectivity index (χ0v) is 7.60. The first kappa shape index (κ1) is 7.85. The van der Waals surface area contributed by atoms with Crippen molar-refractivity contribution in [3.63, 3.8) is 0 Å². The van der Waals surface area contributed by atoms with Crippen LogP contribution in [-0.2, 0) is 0 Å². The Labute approximate surface area is 69.1 Å². The molecule has 0 bridgehead atoms. The van der Waals surface area contributed by atoms with E-state index in [0.717, 1.165) is 25.0 Å². The zero-order valence-electron chi connectivity index (χ0n) is 6.01. The summed E-state index contributed by atoms with van der Waals surface area (Å²) >= 11 is 3.29. The lowest BCUT2D eigenvalue weighted by atomic mass is 10.6. The predicted octanol–water partition coefficient (Wildman–Crippen LogP) is 0.749. The standard InChI is InChI=1S/C6H11BrN2O/c1-8-4-5-9(3-2-7)6(8)10/h2-5H2,1H3. The smallest absolute Gasteiger partial charge is 0.319 e. The van der Waals surface area contributed by atoms with Gasteiger partial charge in [-0.05, 0) is 0 Å². The number of rotatable bonds is 2. The second-order valence-corrected chi connectivity index (χ2v) is 3.17. The Balaban J connectivity index is 2.41. The second kappa shape index (κ2) is 3.23. The quantitative estimate of drug-likeness (QED) is 0.613. The Morgan fingerprint density at radius 2 is 2.30 bits per heavy atom. The van der Waals surface area contributed by atoms with Gasteiger partial charge in [0.1, 0.15) is 0 Å². The summed E-state index contributed by atoms with van der Waals surface area (Å²) in [5.41, 5.74) is 0. The van der Waals surface area contributed by atoms with E-state index in [9.17, 15) is 4.79 Å². The molecule has 0 saturated carbocycles. The Bertz CT molecular complexity index is 138. The normalized spacial score (nSPS) is 18.8. The second-order valence-electron chi connectivity index (χ2n) is 2.38. The molecular formula is C6H11BrN2O. The number of urea groups is 1. The van der Waals surface area contributed by atoms with Gasteiger partial charge in [0.2, 0.25) is 0 Å². The van der Waals surface area contributed by atoms with Crippen LogP contribution in [0.25, 0.3) is 0 Å². The van der Waals surface area contributed by atoms with E-state index < -0.39 is 0 Å². The van der Waals surface area contributed by atoms with Gasteiger partial charge in [-0.1, -0.05) is 15.9 Å². The fourth-order valence-electron chi connectivity index (χ4n) is 1.01. The van der Waals surface area contributed by atoms with Crippen LogP contribution in [0.3, 0.4) is 0 Å². The topological polar surface area (TPSA) is 23.6 Å². The van der Waals surface area contributed by atoms with Gasteiger partial charge >= 0.3 is 6.03 Å².